The van der Waals surface area contributed by atoms with Gasteiger partial charge >= 0.3 is 6.09 Å². The number of methoxy groups -OCH3 is 2. The summed E-state index contributed by atoms with van der Waals surface area (Å²) in [6.07, 6.45) is 1.18. The predicted octanol–water partition coefficient (Wildman–Crippen LogP) is 6.37. The monoisotopic (exact) mass is 596 g/mol. The van der Waals surface area contributed by atoms with Gasteiger partial charge in [-0.3, -0.25) is 14.3 Å². The third-order valence-electron chi connectivity index (χ3n) is 7.72. The van der Waals surface area contributed by atoms with E-state index in [1.54, 1.807) is 29.8 Å². The first-order valence-corrected chi connectivity index (χ1v) is 14.9. The Morgan fingerprint density at radius 3 is 2.56 bits per heavy atom. The zero-order valence-corrected chi connectivity index (χ0v) is 25.1. The van der Waals surface area contributed by atoms with Crippen molar-refractivity contribution in [3.8, 4) is 22.9 Å². The van der Waals surface area contributed by atoms with Gasteiger partial charge in [0.1, 0.15) is 28.9 Å². The third kappa shape index (κ3) is 5.70. The molecule has 3 aromatic carbocycles. The van der Waals surface area contributed by atoms with Crippen molar-refractivity contribution in [3.63, 3.8) is 0 Å². The number of amides is 1. The summed E-state index contributed by atoms with van der Waals surface area (Å²) in [4.78, 5) is 39.3. The molecule has 0 unspecified atom stereocenters. The fourth-order valence-corrected chi connectivity index (χ4v) is 6.52. The molecule has 0 spiro atoms. The number of thiazole rings is 1. The van der Waals surface area contributed by atoms with E-state index in [0.717, 1.165) is 35.1 Å². The maximum atomic E-state index is 14.2. The van der Waals surface area contributed by atoms with Crippen LogP contribution in [0, 0.1) is 6.92 Å². The van der Waals surface area contributed by atoms with Crippen molar-refractivity contribution in [3.05, 3.63) is 105 Å². The summed E-state index contributed by atoms with van der Waals surface area (Å²) in [5.74, 6) is 1.82. The highest BCUT2D eigenvalue weighted by Crippen LogP contribution is 2.37. The van der Waals surface area contributed by atoms with Gasteiger partial charge in [-0.1, -0.05) is 65.9 Å². The van der Waals surface area contributed by atoms with Gasteiger partial charge in [-0.15, -0.1) is 0 Å². The van der Waals surface area contributed by atoms with Gasteiger partial charge in [0, 0.05) is 23.7 Å². The van der Waals surface area contributed by atoms with Crippen LogP contribution in [0.2, 0.25) is 0 Å². The molecule has 3 heterocycles. The van der Waals surface area contributed by atoms with Gasteiger partial charge in [-0.25, -0.2) is 14.8 Å². The molecule has 1 saturated heterocycles. The number of fused-ring (bicyclic) bond motifs is 1. The number of aryl methyl sites for hydroxylation is 1. The summed E-state index contributed by atoms with van der Waals surface area (Å²) in [6, 6.07) is 22.7. The number of hydrogen-bond acceptors (Lipinski definition) is 8. The molecule has 0 aliphatic carbocycles. The van der Waals surface area contributed by atoms with Crippen LogP contribution in [0.25, 0.3) is 21.7 Å². The van der Waals surface area contributed by atoms with E-state index in [4.69, 9.17) is 24.2 Å². The Morgan fingerprint density at radius 2 is 1.79 bits per heavy atom. The quantitative estimate of drug-likeness (QED) is 0.205. The van der Waals surface area contributed by atoms with Crippen molar-refractivity contribution >= 4 is 27.8 Å². The standard InChI is InChI=1S/C33H32N4O5S/c1-21-10-7-8-13-25(21)29-35-31-28(32(38)37(29)19-23-15-16-24(40-2)18-27(23)41-3)34-30(43-31)26-14-9-17-36(26)33(39)42-20-22-11-5-4-6-12-22/h4-8,10-13,15-16,18,26H,9,14,17,19-20H2,1-3H3/t26-/m1/s1. The van der Waals surface area contributed by atoms with Crippen molar-refractivity contribution in [1.82, 2.24) is 19.4 Å². The first-order valence-electron chi connectivity index (χ1n) is 14.1. The van der Waals surface area contributed by atoms with E-state index in [9.17, 15) is 9.59 Å². The minimum atomic E-state index is -0.386. The molecule has 220 valence electrons. The van der Waals surface area contributed by atoms with E-state index >= 15 is 0 Å². The lowest BCUT2D eigenvalue weighted by molar-refractivity contribution is 0.0920. The molecule has 10 heteroatoms. The Morgan fingerprint density at radius 1 is 1.00 bits per heavy atom. The molecule has 1 fully saturated rings. The van der Waals surface area contributed by atoms with E-state index < -0.39 is 0 Å². The van der Waals surface area contributed by atoms with Crippen LogP contribution < -0.4 is 15.0 Å². The lowest BCUT2D eigenvalue weighted by Crippen LogP contribution is -2.31. The number of carbonyl (C=O) groups excluding carboxylic acids is 1. The van der Waals surface area contributed by atoms with Crippen molar-refractivity contribution in [2.45, 2.75) is 39.0 Å². The Bertz CT molecular complexity index is 1830. The van der Waals surface area contributed by atoms with Crippen molar-refractivity contribution in [2.24, 2.45) is 0 Å². The first kappa shape index (κ1) is 28.4. The predicted molar refractivity (Wildman–Crippen MR) is 166 cm³/mol. The van der Waals surface area contributed by atoms with Crippen molar-refractivity contribution < 1.29 is 19.0 Å². The molecule has 0 saturated carbocycles. The second kappa shape index (κ2) is 12.3. The first-order chi connectivity index (χ1) is 21.0. The molecular weight excluding hydrogens is 564 g/mol. The second-order valence-electron chi connectivity index (χ2n) is 10.4. The normalized spacial score (nSPS) is 14.7. The molecule has 0 bridgehead atoms. The number of benzene rings is 3. The molecule has 0 radical (unpaired) electrons. The summed E-state index contributed by atoms with van der Waals surface area (Å²) in [6.45, 7) is 2.99. The van der Waals surface area contributed by atoms with E-state index in [2.05, 4.69) is 0 Å². The van der Waals surface area contributed by atoms with Crippen LogP contribution >= 0.6 is 11.3 Å². The number of carbonyl (C=O) groups is 1. The Labute approximate surface area is 253 Å². The average Bonchev–Trinajstić information content (AvgIpc) is 3.70. The summed E-state index contributed by atoms with van der Waals surface area (Å²) < 4.78 is 18.3. The summed E-state index contributed by atoms with van der Waals surface area (Å²) in [7, 11) is 3.19. The van der Waals surface area contributed by atoms with Crippen LogP contribution in [-0.2, 0) is 17.9 Å². The zero-order chi connectivity index (χ0) is 29.9. The lowest BCUT2D eigenvalue weighted by atomic mass is 10.1. The fraction of sp³-hybridized carbons (Fsp3) is 0.273. The zero-order valence-electron chi connectivity index (χ0n) is 24.3. The Hall–Kier alpha value is -4.70. The van der Waals surface area contributed by atoms with Crippen LogP contribution in [0.5, 0.6) is 11.5 Å². The highest BCUT2D eigenvalue weighted by molar-refractivity contribution is 7.18. The Balaban J connectivity index is 1.39. The summed E-state index contributed by atoms with van der Waals surface area (Å²) in [5.41, 5.74) is 3.62. The van der Waals surface area contributed by atoms with Gasteiger partial charge < -0.3 is 14.2 Å². The largest absolute Gasteiger partial charge is 0.497 e. The van der Waals surface area contributed by atoms with Gasteiger partial charge in [0.2, 0.25) is 0 Å². The average molecular weight is 597 g/mol. The summed E-state index contributed by atoms with van der Waals surface area (Å²) in [5, 5.41) is 0.685. The van der Waals surface area contributed by atoms with Gasteiger partial charge in [0.25, 0.3) is 5.56 Å². The number of ether oxygens (including phenoxy) is 3. The molecule has 0 N–H and O–H groups in total. The molecule has 1 aliphatic rings. The fourth-order valence-electron chi connectivity index (χ4n) is 5.44. The van der Waals surface area contributed by atoms with E-state index in [1.165, 1.54) is 11.3 Å². The van der Waals surface area contributed by atoms with Crippen LogP contribution in [0.4, 0.5) is 4.79 Å². The maximum absolute atomic E-state index is 14.2. The SMILES string of the molecule is COc1ccc(Cn2c(-c3ccccc3C)nc3sc([C@H]4CCCN4C(=O)OCc4ccccc4)nc3c2=O)c(OC)c1. The van der Waals surface area contributed by atoms with Gasteiger partial charge in [0.15, 0.2) is 10.3 Å². The molecular formula is C33H32N4O5S. The minimum Gasteiger partial charge on any atom is -0.497 e. The molecule has 1 amide bonds. The number of aromatic nitrogens is 3. The number of rotatable bonds is 8. The topological polar surface area (TPSA) is 95.8 Å². The molecule has 1 aliphatic heterocycles. The summed E-state index contributed by atoms with van der Waals surface area (Å²) >= 11 is 1.36. The number of likely N-dealkylation sites (tertiary alicyclic amines) is 1. The van der Waals surface area contributed by atoms with Crippen LogP contribution in [0.1, 0.15) is 40.6 Å². The maximum Gasteiger partial charge on any atom is 0.410 e. The van der Waals surface area contributed by atoms with E-state index in [0.29, 0.717) is 33.7 Å². The van der Waals surface area contributed by atoms with Crippen LogP contribution in [0.3, 0.4) is 0 Å². The molecule has 2 aromatic heterocycles. The minimum absolute atomic E-state index is 0.198. The highest BCUT2D eigenvalue weighted by Gasteiger charge is 2.34. The van der Waals surface area contributed by atoms with Gasteiger partial charge in [-0.2, -0.15) is 0 Å². The highest BCUT2D eigenvalue weighted by atomic mass is 32.1. The number of nitrogens with zero attached hydrogens (tertiary/aromatic N) is 4. The van der Waals surface area contributed by atoms with Crippen LogP contribution in [0.15, 0.2) is 77.6 Å². The second-order valence-corrected chi connectivity index (χ2v) is 11.4. The molecule has 5 aromatic rings. The molecule has 43 heavy (non-hydrogen) atoms. The molecule has 1 atom stereocenters. The number of hydrogen-bond donors (Lipinski definition) is 0. The van der Waals surface area contributed by atoms with Crippen LogP contribution in [-0.4, -0.2) is 46.3 Å². The lowest BCUT2D eigenvalue weighted by Gasteiger charge is -2.22. The van der Waals surface area contributed by atoms with Gasteiger partial charge in [-0.05, 0) is 43.0 Å². The van der Waals surface area contributed by atoms with E-state index in [1.807, 2.05) is 73.7 Å². The van der Waals surface area contributed by atoms with Crippen molar-refractivity contribution in [1.29, 1.82) is 0 Å². The molecule has 9 nitrogen and oxygen atoms in total. The van der Waals surface area contributed by atoms with E-state index in [-0.39, 0.29) is 36.4 Å². The third-order valence-corrected chi connectivity index (χ3v) is 8.77. The van der Waals surface area contributed by atoms with Gasteiger partial charge in [0.05, 0.1) is 26.8 Å². The smallest absolute Gasteiger partial charge is 0.410 e. The Kier molecular flexibility index (Phi) is 8.11. The van der Waals surface area contributed by atoms with Crippen molar-refractivity contribution in [2.75, 3.05) is 20.8 Å². The molecule has 6 rings (SSSR count).